The lowest BCUT2D eigenvalue weighted by Crippen LogP contribution is -2.31. The van der Waals surface area contributed by atoms with Crippen LogP contribution >= 0.6 is 0 Å². The molecule has 0 radical (unpaired) electrons. The summed E-state index contributed by atoms with van der Waals surface area (Å²) in [5, 5.41) is 0. The second-order valence-corrected chi connectivity index (χ2v) is 5.99. The molecule has 1 aromatic carbocycles. The monoisotopic (exact) mass is 251 g/mol. The molecule has 0 saturated heterocycles. The zero-order valence-corrected chi connectivity index (χ0v) is 10.8. The molecule has 3 heteroatoms. The first-order valence-corrected chi connectivity index (χ1v) is 6.24. The summed E-state index contributed by atoms with van der Waals surface area (Å²) in [4.78, 5) is 0. The molecule has 0 aliphatic heterocycles. The van der Waals surface area contributed by atoms with Crippen molar-refractivity contribution in [2.45, 2.75) is 39.2 Å². The number of hydrogen-bond acceptors (Lipinski definition) is 1. The van der Waals surface area contributed by atoms with E-state index in [0.717, 1.165) is 18.9 Å². The molecule has 1 atom stereocenters. The van der Waals surface area contributed by atoms with Crippen LogP contribution < -0.4 is 5.73 Å². The first-order chi connectivity index (χ1) is 8.34. The molecule has 0 amide bonds. The molecule has 1 aromatic rings. The minimum atomic E-state index is -0.523. The number of nitrogens with two attached hydrogens (primary N) is 1. The molecule has 2 N–H and O–H groups in total. The maximum absolute atomic E-state index is 13.1. The Morgan fingerprint density at radius 3 is 2.39 bits per heavy atom. The van der Waals surface area contributed by atoms with Crippen LogP contribution in [0.2, 0.25) is 0 Å². The molecule has 1 unspecified atom stereocenters. The van der Waals surface area contributed by atoms with Crippen molar-refractivity contribution >= 4 is 0 Å². The number of benzene rings is 1. The first kappa shape index (κ1) is 13.2. The van der Waals surface area contributed by atoms with E-state index in [1.54, 1.807) is 0 Å². The van der Waals surface area contributed by atoms with Gasteiger partial charge in [-0.1, -0.05) is 25.5 Å². The third-order valence-electron chi connectivity index (χ3n) is 3.30. The van der Waals surface area contributed by atoms with Crippen molar-refractivity contribution in [3.63, 3.8) is 0 Å². The lowest BCUT2D eigenvalue weighted by atomic mass is 9.74. The zero-order chi connectivity index (χ0) is 13.3. The summed E-state index contributed by atoms with van der Waals surface area (Å²) >= 11 is 0. The molecule has 1 aliphatic carbocycles. The SMILES string of the molecule is CC1(C)CC(Cc2cc(F)cc(F)c2)=CC(N)C1. The fraction of sp³-hybridized carbons (Fsp3) is 0.467. The highest BCUT2D eigenvalue weighted by Crippen LogP contribution is 2.36. The molecule has 0 fully saturated rings. The highest BCUT2D eigenvalue weighted by molar-refractivity contribution is 5.26. The summed E-state index contributed by atoms with van der Waals surface area (Å²) in [7, 11) is 0. The second kappa shape index (κ2) is 4.81. The van der Waals surface area contributed by atoms with Crippen molar-refractivity contribution in [1.29, 1.82) is 0 Å². The number of hydrogen-bond donors (Lipinski definition) is 1. The Labute approximate surface area is 107 Å². The van der Waals surface area contributed by atoms with E-state index in [1.165, 1.54) is 17.7 Å². The molecule has 1 nitrogen and oxygen atoms in total. The van der Waals surface area contributed by atoms with E-state index >= 15 is 0 Å². The predicted molar refractivity (Wildman–Crippen MR) is 69.1 cm³/mol. The lowest BCUT2D eigenvalue weighted by Gasteiger charge is -2.33. The molecular formula is C15H19F2N. The summed E-state index contributed by atoms with van der Waals surface area (Å²) in [6.07, 6.45) is 4.49. The average Bonchev–Trinajstić information content (AvgIpc) is 2.10. The summed E-state index contributed by atoms with van der Waals surface area (Å²) in [6, 6.07) is 3.71. The third-order valence-corrected chi connectivity index (χ3v) is 3.30. The molecule has 2 rings (SSSR count). The maximum atomic E-state index is 13.1. The van der Waals surface area contributed by atoms with E-state index in [4.69, 9.17) is 5.73 Å². The van der Waals surface area contributed by atoms with Crippen LogP contribution in [0.25, 0.3) is 0 Å². The fourth-order valence-corrected chi connectivity index (χ4v) is 2.84. The molecular weight excluding hydrogens is 232 g/mol. The van der Waals surface area contributed by atoms with Gasteiger partial charge >= 0.3 is 0 Å². The van der Waals surface area contributed by atoms with Gasteiger partial charge in [-0.3, -0.25) is 0 Å². The Balaban J connectivity index is 2.18. The van der Waals surface area contributed by atoms with Gasteiger partial charge in [0.1, 0.15) is 11.6 Å². The van der Waals surface area contributed by atoms with E-state index in [-0.39, 0.29) is 11.5 Å². The van der Waals surface area contributed by atoms with Crippen molar-refractivity contribution in [3.05, 3.63) is 47.0 Å². The number of rotatable bonds is 2. The van der Waals surface area contributed by atoms with E-state index < -0.39 is 11.6 Å². The molecule has 0 spiro atoms. The van der Waals surface area contributed by atoms with Crippen LogP contribution in [-0.2, 0) is 6.42 Å². The van der Waals surface area contributed by atoms with Gasteiger partial charge in [-0.25, -0.2) is 8.78 Å². The van der Waals surface area contributed by atoms with E-state index in [9.17, 15) is 8.78 Å². The number of allylic oxidation sites excluding steroid dienone is 1. The van der Waals surface area contributed by atoms with Gasteiger partial charge in [0.25, 0.3) is 0 Å². The van der Waals surface area contributed by atoms with E-state index in [0.29, 0.717) is 12.0 Å². The van der Waals surface area contributed by atoms with Gasteiger partial charge in [0.05, 0.1) is 0 Å². The van der Waals surface area contributed by atoms with Crippen LogP contribution in [0.3, 0.4) is 0 Å². The van der Waals surface area contributed by atoms with Gasteiger partial charge in [0, 0.05) is 12.1 Å². The summed E-state index contributed by atoms with van der Waals surface area (Å²) in [6.45, 7) is 4.35. The Hall–Kier alpha value is -1.22. The molecule has 0 bridgehead atoms. The quantitative estimate of drug-likeness (QED) is 0.799. The predicted octanol–water partition coefficient (Wildman–Crippen LogP) is 3.58. The highest BCUT2D eigenvalue weighted by atomic mass is 19.1. The zero-order valence-electron chi connectivity index (χ0n) is 10.8. The highest BCUT2D eigenvalue weighted by Gasteiger charge is 2.26. The Morgan fingerprint density at radius 2 is 1.83 bits per heavy atom. The van der Waals surface area contributed by atoms with Crippen molar-refractivity contribution in [3.8, 4) is 0 Å². The second-order valence-electron chi connectivity index (χ2n) is 5.99. The van der Waals surface area contributed by atoms with Gasteiger partial charge in [0.15, 0.2) is 0 Å². The molecule has 18 heavy (non-hydrogen) atoms. The van der Waals surface area contributed by atoms with Crippen molar-refractivity contribution in [1.82, 2.24) is 0 Å². The average molecular weight is 251 g/mol. The normalized spacial score (nSPS) is 22.7. The van der Waals surface area contributed by atoms with Crippen LogP contribution in [0.1, 0.15) is 32.3 Å². The summed E-state index contributed by atoms with van der Waals surface area (Å²) in [5.74, 6) is -1.05. The third kappa shape index (κ3) is 3.39. The molecule has 0 aromatic heterocycles. The summed E-state index contributed by atoms with van der Waals surface area (Å²) < 4.78 is 26.3. The van der Waals surface area contributed by atoms with Gasteiger partial charge in [-0.2, -0.15) is 0 Å². The minimum absolute atomic E-state index is 0.0437. The van der Waals surface area contributed by atoms with Gasteiger partial charge in [0.2, 0.25) is 0 Å². The van der Waals surface area contributed by atoms with Gasteiger partial charge in [-0.15, -0.1) is 0 Å². The van der Waals surface area contributed by atoms with Crippen molar-refractivity contribution in [2.24, 2.45) is 11.1 Å². The van der Waals surface area contributed by atoms with Crippen LogP contribution in [0.4, 0.5) is 8.78 Å². The fourth-order valence-electron chi connectivity index (χ4n) is 2.84. The van der Waals surface area contributed by atoms with Crippen LogP contribution in [0, 0.1) is 17.0 Å². The lowest BCUT2D eigenvalue weighted by molar-refractivity contribution is 0.299. The van der Waals surface area contributed by atoms with Gasteiger partial charge in [-0.05, 0) is 42.4 Å². The molecule has 0 heterocycles. The summed E-state index contributed by atoms with van der Waals surface area (Å²) in [5.41, 5.74) is 7.99. The Kier molecular flexibility index (Phi) is 3.53. The maximum Gasteiger partial charge on any atom is 0.126 e. The van der Waals surface area contributed by atoms with E-state index in [2.05, 4.69) is 13.8 Å². The topological polar surface area (TPSA) is 26.0 Å². The Morgan fingerprint density at radius 1 is 1.22 bits per heavy atom. The smallest absolute Gasteiger partial charge is 0.126 e. The largest absolute Gasteiger partial charge is 0.324 e. The molecule has 98 valence electrons. The van der Waals surface area contributed by atoms with Crippen molar-refractivity contribution in [2.75, 3.05) is 0 Å². The van der Waals surface area contributed by atoms with E-state index in [1.807, 2.05) is 6.08 Å². The van der Waals surface area contributed by atoms with Crippen LogP contribution in [0.15, 0.2) is 29.8 Å². The minimum Gasteiger partial charge on any atom is -0.324 e. The van der Waals surface area contributed by atoms with Crippen LogP contribution in [0.5, 0.6) is 0 Å². The molecule has 0 saturated carbocycles. The van der Waals surface area contributed by atoms with Gasteiger partial charge < -0.3 is 5.73 Å². The van der Waals surface area contributed by atoms with Crippen molar-refractivity contribution < 1.29 is 8.78 Å². The standard InChI is InChI=1S/C15H19F2N/c1-15(2)8-11(6-14(18)9-15)3-10-4-12(16)7-13(17)5-10/h4-7,14H,3,8-9,18H2,1-2H3. The van der Waals surface area contributed by atoms with Crippen LogP contribution in [-0.4, -0.2) is 6.04 Å². The Bertz CT molecular complexity index is 457. The molecule has 1 aliphatic rings. The first-order valence-electron chi connectivity index (χ1n) is 6.24. The number of halogens is 2.